The molecule has 4 heteroatoms. The van der Waals surface area contributed by atoms with Crippen molar-refractivity contribution in [3.63, 3.8) is 0 Å². The third-order valence-corrected chi connectivity index (χ3v) is 4.92. The van der Waals surface area contributed by atoms with Crippen molar-refractivity contribution >= 4 is 32.8 Å². The number of halogens is 1. The van der Waals surface area contributed by atoms with Crippen LogP contribution in [-0.4, -0.2) is 16.1 Å². The van der Waals surface area contributed by atoms with E-state index in [0.29, 0.717) is 11.5 Å². The summed E-state index contributed by atoms with van der Waals surface area (Å²) in [5.41, 5.74) is 4.11. The summed E-state index contributed by atoms with van der Waals surface area (Å²) < 4.78 is 0.962. The molecule has 0 aliphatic heterocycles. The number of carboxylic acids is 1. The minimum Gasteiger partial charge on any atom is -0.478 e. The average molecular weight is 320 g/mol. The second-order valence-electron chi connectivity index (χ2n) is 5.20. The number of hydrogen-bond donors (Lipinski definition) is 1. The highest BCUT2D eigenvalue weighted by molar-refractivity contribution is 9.10. The summed E-state index contributed by atoms with van der Waals surface area (Å²) in [4.78, 5) is 16.2. The summed E-state index contributed by atoms with van der Waals surface area (Å²) >= 11 is 3.52. The Balaban J connectivity index is 2.40. The Bertz CT molecular complexity index is 705. The highest BCUT2D eigenvalue weighted by atomic mass is 79.9. The third kappa shape index (κ3) is 2.04. The summed E-state index contributed by atoms with van der Waals surface area (Å²) in [6.45, 7) is 3.94. The number of nitrogens with zero attached hydrogens (tertiary/aromatic N) is 1. The van der Waals surface area contributed by atoms with Crippen LogP contribution in [0.1, 0.15) is 45.9 Å². The van der Waals surface area contributed by atoms with Gasteiger partial charge in [0.15, 0.2) is 0 Å². The Morgan fingerprint density at radius 3 is 2.63 bits per heavy atom. The van der Waals surface area contributed by atoms with Gasteiger partial charge in [0.1, 0.15) is 0 Å². The lowest BCUT2D eigenvalue weighted by Crippen LogP contribution is -2.03. The monoisotopic (exact) mass is 319 g/mol. The molecule has 1 aromatic carbocycles. The van der Waals surface area contributed by atoms with Crippen LogP contribution in [-0.2, 0) is 0 Å². The van der Waals surface area contributed by atoms with E-state index in [1.54, 1.807) is 6.07 Å². The molecule has 1 saturated carbocycles. The van der Waals surface area contributed by atoms with Crippen LogP contribution in [0.4, 0.5) is 0 Å². The number of aromatic carboxylic acids is 1. The van der Waals surface area contributed by atoms with Crippen molar-refractivity contribution in [2.75, 3.05) is 0 Å². The first kappa shape index (κ1) is 12.6. The fraction of sp³-hybridized carbons (Fsp3) is 0.333. The van der Waals surface area contributed by atoms with Gasteiger partial charge in [-0.05, 0) is 49.9 Å². The predicted molar refractivity (Wildman–Crippen MR) is 77.9 cm³/mol. The van der Waals surface area contributed by atoms with Gasteiger partial charge in [0, 0.05) is 21.5 Å². The van der Waals surface area contributed by atoms with E-state index in [-0.39, 0.29) is 0 Å². The van der Waals surface area contributed by atoms with Crippen LogP contribution in [0.15, 0.2) is 16.6 Å². The molecule has 0 unspecified atom stereocenters. The summed E-state index contributed by atoms with van der Waals surface area (Å²) in [6.07, 6.45) is 2.23. The lowest BCUT2D eigenvalue weighted by molar-refractivity contribution is 0.0698. The van der Waals surface area contributed by atoms with Gasteiger partial charge in [0.05, 0.1) is 11.1 Å². The largest absolute Gasteiger partial charge is 0.478 e. The van der Waals surface area contributed by atoms with E-state index in [1.807, 2.05) is 19.9 Å². The maximum absolute atomic E-state index is 11.5. The number of carbonyl (C=O) groups is 1. The second-order valence-corrected chi connectivity index (χ2v) is 5.99. The third-order valence-electron chi connectivity index (χ3n) is 3.70. The van der Waals surface area contributed by atoms with E-state index in [0.717, 1.165) is 45.0 Å². The number of aromatic nitrogens is 1. The molecule has 98 valence electrons. The summed E-state index contributed by atoms with van der Waals surface area (Å²) in [6, 6.07) is 3.71. The first-order chi connectivity index (χ1) is 8.99. The van der Waals surface area contributed by atoms with Crippen molar-refractivity contribution in [2.45, 2.75) is 32.6 Å². The van der Waals surface area contributed by atoms with Crippen molar-refractivity contribution < 1.29 is 9.90 Å². The Morgan fingerprint density at radius 1 is 1.37 bits per heavy atom. The molecule has 1 fully saturated rings. The number of hydrogen-bond acceptors (Lipinski definition) is 2. The molecule has 1 aliphatic carbocycles. The Labute approximate surface area is 119 Å². The van der Waals surface area contributed by atoms with Crippen LogP contribution in [0.5, 0.6) is 0 Å². The molecule has 0 saturated heterocycles. The number of benzene rings is 1. The molecule has 0 radical (unpaired) electrons. The molecule has 1 aliphatic rings. The van der Waals surface area contributed by atoms with Gasteiger partial charge in [-0.15, -0.1) is 0 Å². The zero-order valence-electron chi connectivity index (χ0n) is 10.8. The average Bonchev–Trinajstić information content (AvgIpc) is 3.18. The smallest absolute Gasteiger partial charge is 0.336 e. The van der Waals surface area contributed by atoms with Crippen LogP contribution in [0.3, 0.4) is 0 Å². The van der Waals surface area contributed by atoms with Gasteiger partial charge in [-0.3, -0.25) is 4.98 Å². The van der Waals surface area contributed by atoms with Crippen LogP contribution in [0.2, 0.25) is 0 Å². The highest BCUT2D eigenvalue weighted by Crippen LogP contribution is 2.41. The zero-order valence-corrected chi connectivity index (χ0v) is 12.4. The quantitative estimate of drug-likeness (QED) is 0.902. The SMILES string of the molecule is Cc1cc2nc(C3CC3)cc(C(=O)O)c2c(C)c1Br. The van der Waals surface area contributed by atoms with E-state index < -0.39 is 5.97 Å². The standard InChI is InChI=1S/C15H14BrNO2/c1-7-5-12-13(8(2)14(7)16)10(15(18)19)6-11(17-12)9-3-4-9/h5-6,9H,3-4H2,1-2H3,(H,18,19). The first-order valence-electron chi connectivity index (χ1n) is 6.32. The molecule has 19 heavy (non-hydrogen) atoms. The van der Waals surface area contributed by atoms with Gasteiger partial charge in [0.25, 0.3) is 0 Å². The Kier molecular flexibility index (Phi) is 2.86. The first-order valence-corrected chi connectivity index (χ1v) is 7.12. The van der Waals surface area contributed by atoms with Crippen molar-refractivity contribution in [1.82, 2.24) is 4.98 Å². The topological polar surface area (TPSA) is 50.2 Å². The molecule has 3 nitrogen and oxygen atoms in total. The minimum atomic E-state index is -0.881. The number of pyridine rings is 1. The Morgan fingerprint density at radius 2 is 2.05 bits per heavy atom. The van der Waals surface area contributed by atoms with Gasteiger partial charge >= 0.3 is 5.97 Å². The maximum atomic E-state index is 11.5. The summed E-state index contributed by atoms with van der Waals surface area (Å²) in [5, 5.41) is 10.2. The van der Waals surface area contributed by atoms with Crippen LogP contribution in [0.25, 0.3) is 10.9 Å². The predicted octanol–water partition coefficient (Wildman–Crippen LogP) is 4.19. The van der Waals surface area contributed by atoms with E-state index in [9.17, 15) is 9.90 Å². The second kappa shape index (κ2) is 4.30. The fourth-order valence-electron chi connectivity index (χ4n) is 2.51. The van der Waals surface area contributed by atoms with Crippen LogP contribution >= 0.6 is 15.9 Å². The van der Waals surface area contributed by atoms with E-state index in [1.165, 1.54) is 0 Å². The summed E-state index contributed by atoms with van der Waals surface area (Å²) in [7, 11) is 0. The number of rotatable bonds is 2. The van der Waals surface area contributed by atoms with Crippen molar-refractivity contribution in [3.8, 4) is 0 Å². The van der Waals surface area contributed by atoms with Crippen LogP contribution < -0.4 is 0 Å². The van der Waals surface area contributed by atoms with Gasteiger partial charge in [-0.2, -0.15) is 0 Å². The molecule has 1 aromatic heterocycles. The van der Waals surface area contributed by atoms with Crippen LogP contribution in [0, 0.1) is 13.8 Å². The normalized spacial score (nSPS) is 14.9. The number of aryl methyl sites for hydroxylation is 2. The molecule has 0 spiro atoms. The molecule has 2 aromatic rings. The lowest BCUT2D eigenvalue weighted by Gasteiger charge is -2.12. The van der Waals surface area contributed by atoms with Crippen molar-refractivity contribution in [1.29, 1.82) is 0 Å². The molecule has 1 N–H and O–H groups in total. The van der Waals surface area contributed by atoms with Gasteiger partial charge in [-0.25, -0.2) is 4.79 Å². The van der Waals surface area contributed by atoms with E-state index in [4.69, 9.17) is 0 Å². The highest BCUT2D eigenvalue weighted by Gasteiger charge is 2.27. The Hall–Kier alpha value is -1.42. The summed E-state index contributed by atoms with van der Waals surface area (Å²) in [5.74, 6) is -0.431. The molecule has 3 rings (SSSR count). The van der Waals surface area contributed by atoms with Crippen molar-refractivity contribution in [2.24, 2.45) is 0 Å². The zero-order chi connectivity index (χ0) is 13.7. The van der Waals surface area contributed by atoms with E-state index in [2.05, 4.69) is 20.9 Å². The van der Waals surface area contributed by atoms with Gasteiger partial charge in [0.2, 0.25) is 0 Å². The fourth-order valence-corrected chi connectivity index (χ4v) is 2.83. The number of carboxylic acid groups (broad SMARTS) is 1. The minimum absolute atomic E-state index is 0.366. The van der Waals surface area contributed by atoms with Gasteiger partial charge < -0.3 is 5.11 Å². The molecule has 0 bridgehead atoms. The molecular weight excluding hydrogens is 306 g/mol. The molecule has 0 atom stereocenters. The molecular formula is C15H14BrNO2. The molecule has 1 heterocycles. The van der Waals surface area contributed by atoms with Gasteiger partial charge in [-0.1, -0.05) is 15.9 Å². The van der Waals surface area contributed by atoms with Crippen molar-refractivity contribution in [3.05, 3.63) is 39.0 Å². The lowest BCUT2D eigenvalue weighted by atomic mass is 10.00. The maximum Gasteiger partial charge on any atom is 0.336 e. The number of fused-ring (bicyclic) bond motifs is 1. The van der Waals surface area contributed by atoms with E-state index >= 15 is 0 Å². The molecule has 0 amide bonds.